The van der Waals surface area contributed by atoms with Crippen LogP contribution < -0.4 is 0 Å². The van der Waals surface area contributed by atoms with Crippen LogP contribution in [0.25, 0.3) is 0 Å². The molecule has 1 aromatic rings. The van der Waals surface area contributed by atoms with Gasteiger partial charge in [-0.2, -0.15) is 0 Å². The highest BCUT2D eigenvalue weighted by molar-refractivity contribution is 5.97. The Morgan fingerprint density at radius 1 is 1.17 bits per heavy atom. The standard InChI is InChI=1S/C17H20FNO5/c1-10-8-11(4-5-13(10)18)15(20)19-7-6-12(16(21)23-2)9-14(19)17(22)24-3/h4-5,8,12,14H,6-7,9H2,1-3H3/t12-,14-/m1/s1. The van der Waals surface area contributed by atoms with Gasteiger partial charge in [0.1, 0.15) is 11.9 Å². The lowest BCUT2D eigenvalue weighted by atomic mass is 9.90. The van der Waals surface area contributed by atoms with E-state index < -0.39 is 35.6 Å². The van der Waals surface area contributed by atoms with Gasteiger partial charge in [0.15, 0.2) is 0 Å². The Hall–Kier alpha value is -2.44. The van der Waals surface area contributed by atoms with Gasteiger partial charge in [-0.1, -0.05) is 0 Å². The Kier molecular flexibility index (Phi) is 5.54. The molecule has 1 aliphatic rings. The van der Waals surface area contributed by atoms with Gasteiger partial charge in [0.25, 0.3) is 5.91 Å². The van der Waals surface area contributed by atoms with Crippen LogP contribution in [0.1, 0.15) is 28.8 Å². The molecule has 1 aliphatic heterocycles. The van der Waals surface area contributed by atoms with Gasteiger partial charge in [-0.05, 0) is 43.5 Å². The molecule has 0 aromatic heterocycles. The van der Waals surface area contributed by atoms with Crippen molar-refractivity contribution < 1.29 is 28.2 Å². The highest BCUT2D eigenvalue weighted by Crippen LogP contribution is 2.27. The average molecular weight is 337 g/mol. The Morgan fingerprint density at radius 3 is 2.42 bits per heavy atom. The van der Waals surface area contributed by atoms with Gasteiger partial charge >= 0.3 is 11.9 Å². The molecule has 2 atom stereocenters. The molecular weight excluding hydrogens is 317 g/mol. The lowest BCUT2D eigenvalue weighted by molar-refractivity contribution is -0.153. The number of rotatable bonds is 3. The van der Waals surface area contributed by atoms with Crippen LogP contribution in [-0.2, 0) is 19.1 Å². The number of methoxy groups -OCH3 is 2. The van der Waals surface area contributed by atoms with Crippen molar-refractivity contribution in [3.63, 3.8) is 0 Å². The maximum atomic E-state index is 13.4. The molecular formula is C17H20FNO5. The molecule has 6 nitrogen and oxygen atoms in total. The normalized spacial score (nSPS) is 20.4. The second kappa shape index (κ2) is 7.42. The molecule has 7 heteroatoms. The molecule has 1 amide bonds. The molecule has 0 spiro atoms. The number of piperidine rings is 1. The number of amides is 1. The summed E-state index contributed by atoms with van der Waals surface area (Å²) in [5.41, 5.74) is 0.638. The van der Waals surface area contributed by atoms with E-state index in [1.165, 1.54) is 37.3 Å². The third kappa shape index (κ3) is 3.55. The van der Waals surface area contributed by atoms with E-state index in [1.54, 1.807) is 6.92 Å². The minimum Gasteiger partial charge on any atom is -0.469 e. The van der Waals surface area contributed by atoms with Crippen molar-refractivity contribution in [1.29, 1.82) is 0 Å². The summed E-state index contributed by atoms with van der Waals surface area (Å²) in [6.45, 7) is 1.78. The van der Waals surface area contributed by atoms with Gasteiger partial charge in [0, 0.05) is 12.1 Å². The van der Waals surface area contributed by atoms with Crippen molar-refractivity contribution >= 4 is 17.8 Å². The summed E-state index contributed by atoms with van der Waals surface area (Å²) in [6, 6.07) is 3.17. The largest absolute Gasteiger partial charge is 0.469 e. The van der Waals surface area contributed by atoms with Crippen LogP contribution in [0.15, 0.2) is 18.2 Å². The van der Waals surface area contributed by atoms with Crippen LogP contribution in [-0.4, -0.2) is 49.6 Å². The van der Waals surface area contributed by atoms with E-state index in [2.05, 4.69) is 0 Å². The summed E-state index contributed by atoms with van der Waals surface area (Å²) in [5.74, 6) is -2.25. The highest BCUT2D eigenvalue weighted by Gasteiger charge is 2.40. The lowest BCUT2D eigenvalue weighted by Crippen LogP contribution is -2.51. The van der Waals surface area contributed by atoms with Crippen LogP contribution in [0, 0.1) is 18.7 Å². The summed E-state index contributed by atoms with van der Waals surface area (Å²) >= 11 is 0. The van der Waals surface area contributed by atoms with E-state index in [0.29, 0.717) is 17.5 Å². The van der Waals surface area contributed by atoms with E-state index in [-0.39, 0.29) is 13.0 Å². The minimum atomic E-state index is -0.870. The van der Waals surface area contributed by atoms with Crippen molar-refractivity contribution in [1.82, 2.24) is 4.90 Å². The van der Waals surface area contributed by atoms with Crippen molar-refractivity contribution in [3.05, 3.63) is 35.1 Å². The molecule has 0 saturated carbocycles. The van der Waals surface area contributed by atoms with Gasteiger partial charge in [0.05, 0.1) is 20.1 Å². The number of benzene rings is 1. The Balaban J connectivity index is 2.26. The number of esters is 2. The number of carbonyl (C=O) groups excluding carboxylic acids is 3. The fraction of sp³-hybridized carbons (Fsp3) is 0.471. The predicted octanol–water partition coefficient (Wildman–Crippen LogP) is 1.70. The topological polar surface area (TPSA) is 72.9 Å². The molecule has 0 radical (unpaired) electrons. The number of aryl methyl sites for hydroxylation is 1. The quantitative estimate of drug-likeness (QED) is 0.785. The smallest absolute Gasteiger partial charge is 0.328 e. The van der Waals surface area contributed by atoms with Gasteiger partial charge in [0.2, 0.25) is 0 Å². The summed E-state index contributed by atoms with van der Waals surface area (Å²) in [6.07, 6.45) is 0.539. The lowest BCUT2D eigenvalue weighted by Gasteiger charge is -2.36. The molecule has 130 valence electrons. The number of halogens is 1. The van der Waals surface area contributed by atoms with E-state index in [4.69, 9.17) is 9.47 Å². The third-order valence-corrected chi connectivity index (χ3v) is 4.28. The second-order valence-corrected chi connectivity index (χ2v) is 5.75. The van der Waals surface area contributed by atoms with Gasteiger partial charge in [-0.15, -0.1) is 0 Å². The van der Waals surface area contributed by atoms with E-state index >= 15 is 0 Å². The van der Waals surface area contributed by atoms with Crippen molar-refractivity contribution in [3.8, 4) is 0 Å². The number of likely N-dealkylation sites (tertiary alicyclic amines) is 1. The average Bonchev–Trinajstić information content (AvgIpc) is 2.61. The Labute approximate surface area is 139 Å². The van der Waals surface area contributed by atoms with Crippen molar-refractivity contribution in [2.45, 2.75) is 25.8 Å². The van der Waals surface area contributed by atoms with Crippen LogP contribution >= 0.6 is 0 Å². The Morgan fingerprint density at radius 2 is 1.83 bits per heavy atom. The summed E-state index contributed by atoms with van der Waals surface area (Å²) in [5, 5.41) is 0. The third-order valence-electron chi connectivity index (χ3n) is 4.28. The van der Waals surface area contributed by atoms with Crippen LogP contribution in [0.4, 0.5) is 4.39 Å². The fourth-order valence-electron chi connectivity index (χ4n) is 2.89. The van der Waals surface area contributed by atoms with Crippen molar-refractivity contribution in [2.75, 3.05) is 20.8 Å². The maximum Gasteiger partial charge on any atom is 0.328 e. The molecule has 1 saturated heterocycles. The maximum absolute atomic E-state index is 13.4. The molecule has 1 aromatic carbocycles. The van der Waals surface area contributed by atoms with Crippen LogP contribution in [0.2, 0.25) is 0 Å². The molecule has 2 rings (SSSR count). The van der Waals surface area contributed by atoms with E-state index in [0.717, 1.165) is 0 Å². The summed E-state index contributed by atoms with van der Waals surface area (Å²) in [7, 11) is 2.52. The fourth-order valence-corrected chi connectivity index (χ4v) is 2.89. The predicted molar refractivity (Wildman–Crippen MR) is 82.7 cm³/mol. The number of hydrogen-bond acceptors (Lipinski definition) is 5. The van der Waals surface area contributed by atoms with Crippen LogP contribution in [0.3, 0.4) is 0 Å². The first kappa shape index (κ1) is 17.9. The first-order valence-corrected chi connectivity index (χ1v) is 7.61. The van der Waals surface area contributed by atoms with Crippen molar-refractivity contribution in [2.24, 2.45) is 5.92 Å². The van der Waals surface area contributed by atoms with Gasteiger partial charge in [-0.3, -0.25) is 9.59 Å². The molecule has 1 fully saturated rings. The highest BCUT2D eigenvalue weighted by atomic mass is 19.1. The summed E-state index contributed by atoms with van der Waals surface area (Å²) < 4.78 is 22.9. The van der Waals surface area contributed by atoms with E-state index in [1.807, 2.05) is 0 Å². The SMILES string of the molecule is COC(=O)[C@@H]1CCN(C(=O)c2ccc(F)c(C)c2)[C@@H](C(=O)OC)C1. The van der Waals surface area contributed by atoms with Gasteiger partial charge < -0.3 is 14.4 Å². The number of ether oxygens (including phenoxy) is 2. The number of hydrogen-bond donors (Lipinski definition) is 0. The molecule has 0 aliphatic carbocycles. The minimum absolute atomic E-state index is 0.144. The summed E-state index contributed by atoms with van der Waals surface area (Å²) in [4.78, 5) is 37.9. The zero-order chi connectivity index (χ0) is 17.9. The number of carbonyl (C=O) groups is 3. The first-order chi connectivity index (χ1) is 11.4. The Bertz CT molecular complexity index is 660. The molecule has 0 unspecified atom stereocenters. The monoisotopic (exact) mass is 337 g/mol. The second-order valence-electron chi connectivity index (χ2n) is 5.75. The van der Waals surface area contributed by atoms with Gasteiger partial charge in [-0.25, -0.2) is 9.18 Å². The first-order valence-electron chi connectivity index (χ1n) is 7.61. The van der Waals surface area contributed by atoms with Crippen LogP contribution in [0.5, 0.6) is 0 Å². The molecule has 1 heterocycles. The zero-order valence-electron chi connectivity index (χ0n) is 13.9. The zero-order valence-corrected chi connectivity index (χ0v) is 13.9. The molecule has 24 heavy (non-hydrogen) atoms. The molecule has 0 N–H and O–H groups in total. The molecule has 0 bridgehead atoms. The van der Waals surface area contributed by atoms with E-state index in [9.17, 15) is 18.8 Å². The number of nitrogens with zero attached hydrogens (tertiary/aromatic N) is 1.